The number of rotatable bonds is 42. The number of aryl methyl sites for hydroxylation is 1. The molecular formula is C45H73NO18S. The Labute approximate surface area is 385 Å². The molecule has 0 radical (unpaired) electrons. The highest BCUT2D eigenvalue weighted by Gasteiger charge is 2.24. The topological polar surface area (TPSA) is 213 Å². The van der Waals surface area contributed by atoms with Crippen LogP contribution in [0.2, 0.25) is 0 Å². The van der Waals surface area contributed by atoms with Crippen molar-refractivity contribution in [1.82, 2.24) is 0 Å². The second kappa shape index (κ2) is 36.9. The van der Waals surface area contributed by atoms with Crippen molar-refractivity contribution >= 4 is 27.2 Å². The Morgan fingerprint density at radius 3 is 1.48 bits per heavy atom. The van der Waals surface area contributed by atoms with E-state index >= 15 is 0 Å². The molecule has 0 fully saturated rings. The lowest BCUT2D eigenvalue weighted by Crippen LogP contribution is -2.30. The summed E-state index contributed by atoms with van der Waals surface area (Å²) < 4.78 is 111. The van der Waals surface area contributed by atoms with Crippen LogP contribution in [0.3, 0.4) is 0 Å². The molecule has 1 aromatic rings. The predicted octanol–water partition coefficient (Wildman–Crippen LogP) is 3.36. The minimum atomic E-state index is -4.20. The molecule has 19 nitrogen and oxygen atoms in total. The number of allylic oxidation sites excluding steroid dienone is 5. The van der Waals surface area contributed by atoms with Gasteiger partial charge in [0, 0.05) is 46.1 Å². The van der Waals surface area contributed by atoms with Gasteiger partial charge in [-0.25, -0.2) is 0 Å². The van der Waals surface area contributed by atoms with E-state index < -0.39 is 28.1 Å². The van der Waals surface area contributed by atoms with Crippen molar-refractivity contribution in [3.63, 3.8) is 0 Å². The van der Waals surface area contributed by atoms with Gasteiger partial charge < -0.3 is 66.3 Å². The molecule has 65 heavy (non-hydrogen) atoms. The third kappa shape index (κ3) is 27.9. The van der Waals surface area contributed by atoms with Gasteiger partial charge in [0.25, 0.3) is 10.1 Å². The summed E-state index contributed by atoms with van der Waals surface area (Å²) in [6.45, 7) is 10.5. The molecule has 1 aromatic carbocycles. The number of benzene rings is 1. The third-order valence-corrected chi connectivity index (χ3v) is 9.75. The Balaban J connectivity index is 2.47. The van der Waals surface area contributed by atoms with E-state index in [0.717, 1.165) is 5.56 Å². The van der Waals surface area contributed by atoms with Gasteiger partial charge in [-0.05, 0) is 61.8 Å². The van der Waals surface area contributed by atoms with E-state index in [4.69, 9.17) is 66.3 Å². The van der Waals surface area contributed by atoms with Crippen LogP contribution in [0.5, 0.6) is 5.75 Å². The number of hydrogen-bond donors (Lipinski definition) is 1. The highest BCUT2D eigenvalue weighted by molar-refractivity contribution is 7.85. The number of nitrogens with zero attached hydrogens (tertiary/aromatic N) is 1. The fourth-order valence-corrected chi connectivity index (χ4v) is 6.26. The molecule has 0 aliphatic heterocycles. The van der Waals surface area contributed by atoms with E-state index in [1.807, 2.05) is 13.0 Å². The Morgan fingerprint density at radius 2 is 1.05 bits per heavy atom. The van der Waals surface area contributed by atoms with Crippen LogP contribution in [-0.2, 0) is 76.5 Å². The number of carbonyl (C=O) groups excluding carboxylic acids is 1. The van der Waals surface area contributed by atoms with Crippen molar-refractivity contribution < 1.29 is 84.1 Å². The molecule has 0 spiro atoms. The van der Waals surface area contributed by atoms with Gasteiger partial charge in [0.1, 0.15) is 23.7 Å². The molecule has 0 saturated carbocycles. The van der Waals surface area contributed by atoms with E-state index in [-0.39, 0.29) is 45.2 Å². The van der Waals surface area contributed by atoms with Crippen molar-refractivity contribution in [3.05, 3.63) is 58.9 Å². The first-order chi connectivity index (χ1) is 31.5. The van der Waals surface area contributed by atoms with Gasteiger partial charge in [-0.1, -0.05) is 6.07 Å². The fraction of sp³-hybridized carbons (Fsp3) is 0.689. The fourth-order valence-electron chi connectivity index (χ4n) is 5.77. The zero-order chi connectivity index (χ0) is 47.4. The van der Waals surface area contributed by atoms with Crippen molar-refractivity contribution in [2.24, 2.45) is 4.99 Å². The quantitative estimate of drug-likeness (QED) is 0.0565. The minimum absolute atomic E-state index is 0.0551. The molecular weight excluding hydrogens is 875 g/mol. The minimum Gasteiger partial charge on any atom is -0.486 e. The molecule has 0 heterocycles. The van der Waals surface area contributed by atoms with Gasteiger partial charge in [0.15, 0.2) is 5.78 Å². The number of methoxy groups -OCH3 is 4. The van der Waals surface area contributed by atoms with Crippen LogP contribution in [0.15, 0.2) is 52.8 Å². The third-order valence-electron chi connectivity index (χ3n) is 8.95. The van der Waals surface area contributed by atoms with Crippen LogP contribution in [0.1, 0.15) is 24.5 Å². The largest absolute Gasteiger partial charge is 0.486 e. The molecule has 0 amide bonds. The molecule has 0 atom stereocenters. The Kier molecular flexibility index (Phi) is 32.9. The van der Waals surface area contributed by atoms with E-state index in [0.29, 0.717) is 140 Å². The van der Waals surface area contributed by atoms with Crippen LogP contribution in [0, 0.1) is 6.92 Å². The maximum absolute atomic E-state index is 13.8. The zero-order valence-corrected chi connectivity index (χ0v) is 39.9. The van der Waals surface area contributed by atoms with Crippen molar-refractivity contribution in [3.8, 4) is 5.75 Å². The summed E-state index contributed by atoms with van der Waals surface area (Å²) in [5, 5.41) is 0. The lowest BCUT2D eigenvalue weighted by atomic mass is 9.89. The van der Waals surface area contributed by atoms with Gasteiger partial charge in [0.2, 0.25) is 0 Å². The number of hydrogen-bond acceptors (Lipinski definition) is 18. The summed E-state index contributed by atoms with van der Waals surface area (Å²) >= 11 is 0. The highest BCUT2D eigenvalue weighted by Crippen LogP contribution is 2.32. The average Bonchev–Trinajstić information content (AvgIpc) is 3.27. The molecule has 1 aliphatic carbocycles. The van der Waals surface area contributed by atoms with E-state index in [1.54, 1.807) is 58.8 Å². The van der Waals surface area contributed by atoms with Gasteiger partial charge in [0.05, 0.1) is 144 Å². The molecule has 20 heteroatoms. The first-order valence-corrected chi connectivity index (χ1v) is 23.3. The van der Waals surface area contributed by atoms with Crippen molar-refractivity contribution in [2.75, 3.05) is 173 Å². The van der Waals surface area contributed by atoms with Crippen LogP contribution in [-0.4, -0.2) is 210 Å². The summed E-state index contributed by atoms with van der Waals surface area (Å²) in [6, 6.07) is 5.44. The highest BCUT2D eigenvalue weighted by atomic mass is 32.2. The first-order valence-electron chi connectivity index (χ1n) is 21.7. The predicted molar refractivity (Wildman–Crippen MR) is 243 cm³/mol. The van der Waals surface area contributed by atoms with Crippen LogP contribution < -0.4 is 4.74 Å². The van der Waals surface area contributed by atoms with Crippen LogP contribution in [0.4, 0.5) is 0 Å². The first kappa shape index (κ1) is 57.9. The van der Waals surface area contributed by atoms with E-state index in [1.165, 1.54) is 6.92 Å². The average molecular weight is 948 g/mol. The SMILES string of the molecule is COCCOCCOCC(COCCOCCOC)OC1=CC(=C(\C(C)=O)c2cc(OC(COCCOCCOC)COCCOCCOC)ccc2C)/C(=N/CCCS(=O)(=O)O)C=C1. The Bertz CT molecular complexity index is 1630. The molecule has 0 aromatic heterocycles. The molecule has 0 bridgehead atoms. The van der Waals surface area contributed by atoms with E-state index in [2.05, 4.69) is 4.99 Å². The van der Waals surface area contributed by atoms with Gasteiger partial charge >= 0.3 is 0 Å². The number of aliphatic imine (C=N–C) groups is 1. The Hall–Kier alpha value is -3.19. The molecule has 2 rings (SSSR count). The number of Topliss-reactive ketones (excluding diaryl/α,β-unsaturated/α-hetero) is 1. The number of ether oxygens (including phenoxy) is 14. The second-order valence-electron chi connectivity index (χ2n) is 14.3. The maximum atomic E-state index is 13.8. The smallest absolute Gasteiger partial charge is 0.264 e. The number of carbonyl (C=O) groups is 1. The standard InChI is InChI=1S/C45H73NO18S/c1-36-8-9-38(63-40(32-59-25-21-55-17-13-51-3)33-60-26-22-56-18-14-52-4)30-42(36)45(37(2)47)43-31-39(10-11-44(43)46-12-7-29-65(48,49)50)64-41(34-61-27-23-57-19-15-53-5)35-62-28-24-58-20-16-54-6/h8-11,30-31,40-41H,7,12-29,32-35H2,1-6H3,(H,48,49,50)/b45-43-,46-44+. The van der Waals surface area contributed by atoms with Crippen molar-refractivity contribution in [2.45, 2.75) is 32.5 Å². The summed E-state index contributed by atoms with van der Waals surface area (Å²) in [6.07, 6.45) is 4.07. The summed E-state index contributed by atoms with van der Waals surface area (Å²) in [7, 11) is 2.22. The lowest BCUT2D eigenvalue weighted by Gasteiger charge is -2.23. The van der Waals surface area contributed by atoms with E-state index in [9.17, 15) is 17.8 Å². The molecule has 1 aliphatic rings. The summed E-state index contributed by atoms with van der Waals surface area (Å²) in [5.41, 5.74) is 2.52. The monoisotopic (exact) mass is 947 g/mol. The molecule has 372 valence electrons. The molecule has 0 unspecified atom stereocenters. The van der Waals surface area contributed by atoms with Gasteiger partial charge in [-0.3, -0.25) is 14.3 Å². The maximum Gasteiger partial charge on any atom is 0.264 e. The summed E-state index contributed by atoms with van der Waals surface area (Å²) in [4.78, 5) is 18.5. The molecule has 0 saturated heterocycles. The van der Waals surface area contributed by atoms with Crippen LogP contribution >= 0.6 is 0 Å². The lowest BCUT2D eigenvalue weighted by molar-refractivity contribution is -0.111. The Morgan fingerprint density at radius 1 is 0.615 bits per heavy atom. The second-order valence-corrected chi connectivity index (χ2v) is 15.9. The van der Waals surface area contributed by atoms with Gasteiger partial charge in [-0.15, -0.1) is 0 Å². The molecule has 1 N–H and O–H groups in total. The normalized spacial score (nSPS) is 14.5. The zero-order valence-electron chi connectivity index (χ0n) is 39.1. The van der Waals surface area contributed by atoms with Crippen LogP contribution in [0.25, 0.3) is 5.57 Å². The van der Waals surface area contributed by atoms with Crippen molar-refractivity contribution in [1.29, 1.82) is 0 Å². The number of ketones is 1. The summed E-state index contributed by atoms with van der Waals surface area (Å²) in [5.74, 6) is 0.117. The van der Waals surface area contributed by atoms with Gasteiger partial charge in [-0.2, -0.15) is 8.42 Å².